The van der Waals surface area contributed by atoms with Crippen LogP contribution >= 0.6 is 0 Å². The zero-order chi connectivity index (χ0) is 9.68. The van der Waals surface area contributed by atoms with Crippen molar-refractivity contribution < 1.29 is 15.0 Å². The molecule has 1 aromatic rings. The Bertz CT molecular complexity index is 336. The predicted molar refractivity (Wildman–Crippen MR) is 46.6 cm³/mol. The number of carbonyl (C=O) groups excluding carboxylic acids is 1. The summed E-state index contributed by atoms with van der Waals surface area (Å²) in [5.41, 5.74) is 2.37. The highest BCUT2D eigenvalue weighted by atomic mass is 16.3. The smallest absolute Gasteiger partial charge is 0.227 e. The van der Waals surface area contributed by atoms with Crippen molar-refractivity contribution in [3.05, 3.63) is 23.8 Å². The highest BCUT2D eigenvalue weighted by Gasteiger charge is 2.01. The Morgan fingerprint density at radius 1 is 1.38 bits per heavy atom. The van der Waals surface area contributed by atoms with E-state index in [2.05, 4.69) is 5.10 Å². The van der Waals surface area contributed by atoms with E-state index in [0.29, 0.717) is 12.0 Å². The molecule has 0 saturated heterocycles. The van der Waals surface area contributed by atoms with Crippen molar-refractivity contribution in [2.45, 2.75) is 0 Å². The number of para-hydroxylation sites is 1. The molecule has 0 aromatic heterocycles. The molecule has 0 saturated carbocycles. The molecular weight excluding hydrogens is 172 g/mol. The predicted octanol–water partition coefficient (Wildman–Crippen LogP) is 0.178. The number of hydrazone groups is 1. The van der Waals surface area contributed by atoms with Crippen molar-refractivity contribution in [2.24, 2.45) is 5.10 Å². The lowest BCUT2D eigenvalue weighted by Gasteiger charge is -1.99. The summed E-state index contributed by atoms with van der Waals surface area (Å²) in [7, 11) is 0. The van der Waals surface area contributed by atoms with Gasteiger partial charge in [-0.1, -0.05) is 6.07 Å². The van der Waals surface area contributed by atoms with E-state index in [9.17, 15) is 9.90 Å². The number of nitrogens with zero attached hydrogens (tertiary/aromatic N) is 1. The first kappa shape index (κ1) is 9.05. The Labute approximate surface area is 74.3 Å². The van der Waals surface area contributed by atoms with E-state index in [0.717, 1.165) is 0 Å². The van der Waals surface area contributed by atoms with Crippen LogP contribution < -0.4 is 5.43 Å². The highest BCUT2D eigenvalue weighted by Crippen LogP contribution is 2.26. The lowest BCUT2D eigenvalue weighted by molar-refractivity contribution is -0.109. The van der Waals surface area contributed by atoms with Gasteiger partial charge in [0.1, 0.15) is 0 Å². The SMILES string of the molecule is O=CN/N=C/c1cccc(O)c1O. The van der Waals surface area contributed by atoms with Gasteiger partial charge < -0.3 is 10.2 Å². The number of nitrogens with one attached hydrogen (secondary N) is 1. The van der Waals surface area contributed by atoms with Crippen LogP contribution in [0.1, 0.15) is 5.56 Å². The lowest BCUT2D eigenvalue weighted by Crippen LogP contribution is -2.00. The van der Waals surface area contributed by atoms with Crippen LogP contribution in [0.3, 0.4) is 0 Å². The Kier molecular flexibility index (Phi) is 2.86. The second-order valence-corrected chi connectivity index (χ2v) is 2.22. The first-order valence-corrected chi connectivity index (χ1v) is 3.49. The molecule has 0 aliphatic rings. The quantitative estimate of drug-likeness (QED) is 0.268. The second-order valence-electron chi connectivity index (χ2n) is 2.22. The summed E-state index contributed by atoms with van der Waals surface area (Å²) in [6, 6.07) is 4.45. The number of rotatable bonds is 3. The van der Waals surface area contributed by atoms with E-state index in [1.807, 2.05) is 5.43 Å². The van der Waals surface area contributed by atoms with E-state index < -0.39 is 0 Å². The zero-order valence-electron chi connectivity index (χ0n) is 6.64. The van der Waals surface area contributed by atoms with Gasteiger partial charge in [-0.2, -0.15) is 5.10 Å². The van der Waals surface area contributed by atoms with Crippen LogP contribution in [0.15, 0.2) is 23.3 Å². The zero-order valence-corrected chi connectivity index (χ0v) is 6.64. The van der Waals surface area contributed by atoms with Crippen LogP contribution in [0.5, 0.6) is 11.5 Å². The maximum Gasteiger partial charge on any atom is 0.227 e. The molecule has 0 radical (unpaired) electrons. The summed E-state index contributed by atoms with van der Waals surface area (Å²) in [5.74, 6) is -0.492. The van der Waals surface area contributed by atoms with Crippen molar-refractivity contribution in [3.63, 3.8) is 0 Å². The van der Waals surface area contributed by atoms with Gasteiger partial charge in [0.2, 0.25) is 6.41 Å². The minimum absolute atomic E-state index is 0.227. The Morgan fingerprint density at radius 2 is 2.15 bits per heavy atom. The van der Waals surface area contributed by atoms with Crippen LogP contribution in [0.2, 0.25) is 0 Å². The molecule has 0 aliphatic carbocycles. The van der Waals surface area contributed by atoms with Crippen LogP contribution in [0, 0.1) is 0 Å². The summed E-state index contributed by atoms with van der Waals surface area (Å²) in [6.45, 7) is 0. The monoisotopic (exact) mass is 180 g/mol. The minimum atomic E-state index is -0.265. The number of aromatic hydroxyl groups is 2. The molecule has 68 valence electrons. The average molecular weight is 180 g/mol. The molecule has 1 amide bonds. The van der Waals surface area contributed by atoms with E-state index in [-0.39, 0.29) is 11.5 Å². The molecule has 0 bridgehead atoms. The fraction of sp³-hybridized carbons (Fsp3) is 0. The van der Waals surface area contributed by atoms with Crippen LogP contribution in [0.25, 0.3) is 0 Å². The third kappa shape index (κ3) is 2.19. The fourth-order valence-electron chi connectivity index (χ4n) is 0.790. The highest BCUT2D eigenvalue weighted by molar-refractivity contribution is 5.84. The van der Waals surface area contributed by atoms with Crippen LogP contribution in [0.4, 0.5) is 0 Å². The third-order valence-corrected chi connectivity index (χ3v) is 1.38. The van der Waals surface area contributed by atoms with Gasteiger partial charge in [0.05, 0.1) is 6.21 Å². The molecule has 5 heteroatoms. The van der Waals surface area contributed by atoms with Crippen molar-refractivity contribution in [1.82, 2.24) is 5.43 Å². The minimum Gasteiger partial charge on any atom is -0.504 e. The largest absolute Gasteiger partial charge is 0.504 e. The second kappa shape index (κ2) is 4.10. The summed E-state index contributed by atoms with van der Waals surface area (Å²) < 4.78 is 0. The topological polar surface area (TPSA) is 81.9 Å². The van der Waals surface area contributed by atoms with Gasteiger partial charge in [-0.3, -0.25) is 4.79 Å². The van der Waals surface area contributed by atoms with Crippen molar-refractivity contribution in [3.8, 4) is 11.5 Å². The molecule has 0 spiro atoms. The maximum atomic E-state index is 9.81. The number of hydrogen-bond acceptors (Lipinski definition) is 4. The van der Waals surface area contributed by atoms with Gasteiger partial charge in [0, 0.05) is 5.56 Å². The molecule has 0 heterocycles. The van der Waals surface area contributed by atoms with Gasteiger partial charge in [0.25, 0.3) is 0 Å². The number of carbonyl (C=O) groups is 1. The molecule has 0 unspecified atom stereocenters. The molecule has 1 aromatic carbocycles. The van der Waals surface area contributed by atoms with Gasteiger partial charge in [-0.25, -0.2) is 5.43 Å². The molecule has 5 nitrogen and oxygen atoms in total. The molecule has 0 atom stereocenters. The molecule has 3 N–H and O–H groups in total. The first-order chi connectivity index (χ1) is 6.25. The molecule has 0 aliphatic heterocycles. The van der Waals surface area contributed by atoms with E-state index in [1.165, 1.54) is 12.3 Å². The van der Waals surface area contributed by atoms with Crippen molar-refractivity contribution >= 4 is 12.6 Å². The van der Waals surface area contributed by atoms with E-state index >= 15 is 0 Å². The summed E-state index contributed by atoms with van der Waals surface area (Å²) in [5, 5.41) is 21.7. The maximum absolute atomic E-state index is 9.81. The standard InChI is InChI=1S/C8H8N2O3/c11-5-10-9-4-6-2-1-3-7(12)8(6)13/h1-5,12-13H,(H,10,11)/b9-4+. The molecule has 1 rings (SSSR count). The third-order valence-electron chi connectivity index (χ3n) is 1.38. The number of benzene rings is 1. The number of phenols is 2. The Hall–Kier alpha value is -2.04. The Balaban J connectivity index is 2.88. The number of hydrogen-bond donors (Lipinski definition) is 3. The normalized spacial score (nSPS) is 10.2. The van der Waals surface area contributed by atoms with Gasteiger partial charge in [-0.05, 0) is 12.1 Å². The first-order valence-electron chi connectivity index (χ1n) is 3.49. The summed E-state index contributed by atoms with van der Waals surface area (Å²) >= 11 is 0. The lowest BCUT2D eigenvalue weighted by atomic mass is 10.2. The van der Waals surface area contributed by atoms with Gasteiger partial charge in [-0.15, -0.1) is 0 Å². The number of amides is 1. The Morgan fingerprint density at radius 3 is 2.85 bits per heavy atom. The van der Waals surface area contributed by atoms with Crippen molar-refractivity contribution in [2.75, 3.05) is 0 Å². The van der Waals surface area contributed by atoms with Crippen LogP contribution in [-0.4, -0.2) is 22.8 Å². The molecule has 0 fully saturated rings. The fourth-order valence-corrected chi connectivity index (χ4v) is 0.790. The van der Waals surface area contributed by atoms with E-state index in [4.69, 9.17) is 5.11 Å². The van der Waals surface area contributed by atoms with Crippen LogP contribution in [-0.2, 0) is 4.79 Å². The van der Waals surface area contributed by atoms with Gasteiger partial charge >= 0.3 is 0 Å². The number of phenolic OH excluding ortho intramolecular Hbond substituents is 2. The average Bonchev–Trinajstić information content (AvgIpc) is 2.13. The molecule has 13 heavy (non-hydrogen) atoms. The van der Waals surface area contributed by atoms with E-state index in [1.54, 1.807) is 12.1 Å². The van der Waals surface area contributed by atoms with Crippen molar-refractivity contribution in [1.29, 1.82) is 0 Å². The summed E-state index contributed by atoms with van der Waals surface area (Å²) in [6.07, 6.45) is 1.62. The van der Waals surface area contributed by atoms with Gasteiger partial charge in [0.15, 0.2) is 11.5 Å². The molecular formula is C8H8N2O3. The summed E-state index contributed by atoms with van der Waals surface area (Å²) in [4.78, 5) is 9.81.